The molecule has 1 spiro atoms. The number of nitrogens with zero attached hydrogens (tertiary/aromatic N) is 2. The number of anilines is 1. The van der Waals surface area contributed by atoms with Crippen LogP contribution in [0, 0.1) is 5.82 Å². The summed E-state index contributed by atoms with van der Waals surface area (Å²) in [5, 5.41) is 5.49. The number of nitrogens with two attached hydrogens (primary N) is 1. The molecule has 1 fully saturated rings. The van der Waals surface area contributed by atoms with Gasteiger partial charge in [-0.25, -0.2) is 9.38 Å². The van der Waals surface area contributed by atoms with Crippen molar-refractivity contribution in [2.75, 3.05) is 11.9 Å². The minimum atomic E-state index is -0.639. The molecule has 3 aliphatic heterocycles. The highest BCUT2D eigenvalue weighted by molar-refractivity contribution is 6.11. The Hall–Kier alpha value is -3.41. The average molecular weight is 386 g/mol. The van der Waals surface area contributed by atoms with Gasteiger partial charge in [-0.15, -0.1) is 0 Å². The van der Waals surface area contributed by atoms with E-state index in [1.54, 1.807) is 6.07 Å². The first-order valence-corrected chi connectivity index (χ1v) is 9.81. The van der Waals surface area contributed by atoms with Crippen molar-refractivity contribution in [1.29, 1.82) is 0 Å². The Morgan fingerprint density at radius 1 is 1.10 bits per heavy atom. The van der Waals surface area contributed by atoms with E-state index in [1.165, 1.54) is 6.07 Å². The van der Waals surface area contributed by atoms with Crippen molar-refractivity contribution in [3.05, 3.63) is 77.1 Å². The number of nitrogens with one attached hydrogen (secondary N) is 1. The fourth-order valence-corrected chi connectivity index (χ4v) is 5.13. The highest BCUT2D eigenvalue weighted by atomic mass is 19.1. The van der Waals surface area contributed by atoms with Gasteiger partial charge in [0.1, 0.15) is 17.3 Å². The maximum absolute atomic E-state index is 14.2. The smallest absolute Gasteiger partial charge is 0.255 e. The first kappa shape index (κ1) is 16.5. The molecular formula is C23H19FN4O. The quantitative estimate of drug-likeness (QED) is 0.617. The lowest BCUT2D eigenvalue weighted by Crippen LogP contribution is -2.51. The molecule has 6 rings (SSSR count). The van der Waals surface area contributed by atoms with E-state index in [0.717, 1.165) is 21.9 Å². The number of hydrogen-bond acceptors (Lipinski definition) is 4. The Morgan fingerprint density at radius 2 is 1.97 bits per heavy atom. The van der Waals surface area contributed by atoms with Gasteiger partial charge in [0.25, 0.3) is 5.91 Å². The van der Waals surface area contributed by atoms with Crippen LogP contribution in [0.4, 0.5) is 10.1 Å². The van der Waals surface area contributed by atoms with E-state index >= 15 is 0 Å². The van der Waals surface area contributed by atoms with Crippen LogP contribution in [0.15, 0.2) is 59.6 Å². The number of benzene rings is 3. The van der Waals surface area contributed by atoms with Gasteiger partial charge >= 0.3 is 0 Å². The van der Waals surface area contributed by atoms with Crippen LogP contribution in [-0.2, 0) is 0 Å². The first-order chi connectivity index (χ1) is 14.1. The van der Waals surface area contributed by atoms with Crippen LogP contribution < -0.4 is 11.1 Å². The lowest BCUT2D eigenvalue weighted by molar-refractivity contribution is 0.0607. The molecule has 3 aliphatic rings. The number of amidine groups is 1. The van der Waals surface area contributed by atoms with E-state index < -0.39 is 5.66 Å². The Morgan fingerprint density at radius 3 is 2.86 bits per heavy atom. The monoisotopic (exact) mass is 386 g/mol. The third-order valence-corrected chi connectivity index (χ3v) is 6.44. The van der Waals surface area contributed by atoms with E-state index in [2.05, 4.69) is 17.4 Å². The zero-order valence-corrected chi connectivity index (χ0v) is 15.7. The van der Waals surface area contributed by atoms with Crippen LogP contribution in [0.3, 0.4) is 0 Å². The summed E-state index contributed by atoms with van der Waals surface area (Å²) in [7, 11) is 0. The summed E-state index contributed by atoms with van der Waals surface area (Å²) in [6.45, 7) is 0.570. The summed E-state index contributed by atoms with van der Waals surface area (Å²) in [6, 6.07) is 16.9. The van der Waals surface area contributed by atoms with Crippen molar-refractivity contribution in [3.63, 3.8) is 0 Å². The fraction of sp³-hybridized carbons (Fsp3) is 0.217. The molecule has 1 amide bonds. The number of rotatable bonds is 0. The molecule has 3 aromatic rings. The second-order valence-electron chi connectivity index (χ2n) is 8.04. The van der Waals surface area contributed by atoms with Gasteiger partial charge in [-0.3, -0.25) is 4.79 Å². The van der Waals surface area contributed by atoms with Crippen LogP contribution >= 0.6 is 0 Å². The zero-order chi connectivity index (χ0) is 19.8. The lowest BCUT2D eigenvalue weighted by Gasteiger charge is -2.44. The number of aliphatic imine (C=N–C) groups is 1. The summed E-state index contributed by atoms with van der Waals surface area (Å²) < 4.78 is 14.2. The summed E-state index contributed by atoms with van der Waals surface area (Å²) >= 11 is 0. The minimum Gasteiger partial charge on any atom is -0.383 e. The molecule has 0 radical (unpaired) electrons. The largest absolute Gasteiger partial charge is 0.383 e. The molecule has 0 aromatic heterocycles. The molecule has 29 heavy (non-hydrogen) atoms. The van der Waals surface area contributed by atoms with Crippen LogP contribution in [0.25, 0.3) is 10.8 Å². The Kier molecular flexibility index (Phi) is 3.17. The summed E-state index contributed by atoms with van der Waals surface area (Å²) in [6.07, 6.45) is 1.22. The number of hydrogen-bond donors (Lipinski definition) is 2. The third-order valence-electron chi connectivity index (χ3n) is 6.44. The van der Waals surface area contributed by atoms with E-state index in [9.17, 15) is 9.18 Å². The van der Waals surface area contributed by atoms with Crippen molar-refractivity contribution in [3.8, 4) is 0 Å². The molecule has 2 atom stereocenters. The molecule has 5 nitrogen and oxygen atoms in total. The molecular weight excluding hydrogens is 367 g/mol. The van der Waals surface area contributed by atoms with Crippen molar-refractivity contribution in [2.24, 2.45) is 10.7 Å². The van der Waals surface area contributed by atoms with E-state index in [-0.39, 0.29) is 23.6 Å². The molecule has 3 N–H and O–H groups in total. The molecule has 3 aromatic carbocycles. The van der Waals surface area contributed by atoms with Gasteiger partial charge in [0.05, 0.1) is 17.2 Å². The summed E-state index contributed by atoms with van der Waals surface area (Å²) in [4.78, 5) is 19.9. The van der Waals surface area contributed by atoms with E-state index in [1.807, 2.05) is 35.2 Å². The van der Waals surface area contributed by atoms with E-state index in [4.69, 9.17) is 10.7 Å². The maximum atomic E-state index is 14.2. The Bertz CT molecular complexity index is 1240. The van der Waals surface area contributed by atoms with Gasteiger partial charge in [-0.1, -0.05) is 42.5 Å². The SMILES string of the molecule is NC1=N[C@@]2(CCN3C(=O)c4c(ccc5ccccc45)[C@@H]3C2)Nc2cccc(F)c21. The van der Waals surface area contributed by atoms with Crippen LogP contribution in [0.5, 0.6) is 0 Å². The van der Waals surface area contributed by atoms with Crippen molar-refractivity contribution in [2.45, 2.75) is 24.5 Å². The number of piperidine rings is 1. The fourth-order valence-electron chi connectivity index (χ4n) is 5.13. The molecule has 0 saturated carbocycles. The van der Waals surface area contributed by atoms with Gasteiger partial charge < -0.3 is 16.0 Å². The molecule has 1 saturated heterocycles. The number of halogens is 1. The highest BCUT2D eigenvalue weighted by Gasteiger charge is 2.49. The zero-order valence-electron chi connectivity index (χ0n) is 15.7. The van der Waals surface area contributed by atoms with Gasteiger partial charge in [0.15, 0.2) is 0 Å². The van der Waals surface area contributed by atoms with Crippen LogP contribution in [-0.4, -0.2) is 28.9 Å². The van der Waals surface area contributed by atoms with Gasteiger partial charge in [0, 0.05) is 25.1 Å². The maximum Gasteiger partial charge on any atom is 0.255 e. The number of carbonyl (C=O) groups excluding carboxylic acids is 1. The standard InChI is InChI=1S/C23H19FN4O/c24-16-6-3-7-17-20(16)21(25)27-23(26-17)10-11-28-18(12-23)15-9-8-13-4-1-2-5-14(13)19(15)22(28)29/h1-9,18,26H,10-12H2,(H2,25,27)/t18-,23+/m0/s1. The Labute approximate surface area is 167 Å². The second kappa shape index (κ2) is 5.56. The Balaban J connectivity index is 1.45. The van der Waals surface area contributed by atoms with Crippen molar-refractivity contribution >= 4 is 28.2 Å². The molecule has 6 heteroatoms. The molecule has 3 heterocycles. The number of carbonyl (C=O) groups is 1. The van der Waals surface area contributed by atoms with Gasteiger partial charge in [-0.05, 0) is 28.5 Å². The van der Waals surface area contributed by atoms with Crippen molar-refractivity contribution < 1.29 is 9.18 Å². The van der Waals surface area contributed by atoms with Gasteiger partial charge in [0.2, 0.25) is 0 Å². The summed E-state index contributed by atoms with van der Waals surface area (Å²) in [5.41, 5.74) is 8.36. The van der Waals surface area contributed by atoms with Crippen molar-refractivity contribution in [1.82, 2.24) is 4.90 Å². The molecule has 0 bridgehead atoms. The third kappa shape index (κ3) is 2.20. The highest BCUT2D eigenvalue weighted by Crippen LogP contribution is 2.48. The molecule has 0 unspecified atom stereocenters. The van der Waals surface area contributed by atoms with Gasteiger partial charge in [-0.2, -0.15) is 0 Å². The topological polar surface area (TPSA) is 70.7 Å². The first-order valence-electron chi connectivity index (χ1n) is 9.81. The molecule has 144 valence electrons. The summed E-state index contributed by atoms with van der Waals surface area (Å²) in [5.74, 6) is -0.0828. The minimum absolute atomic E-state index is 0.0741. The second-order valence-corrected chi connectivity index (χ2v) is 8.04. The van der Waals surface area contributed by atoms with E-state index in [0.29, 0.717) is 30.6 Å². The molecule has 0 aliphatic carbocycles. The predicted octanol–water partition coefficient (Wildman–Crippen LogP) is 3.80. The van der Waals surface area contributed by atoms with Crippen LogP contribution in [0.2, 0.25) is 0 Å². The lowest BCUT2D eigenvalue weighted by atomic mass is 9.86. The normalized spacial score (nSPS) is 24.7. The average Bonchev–Trinajstić information content (AvgIpc) is 2.99. The van der Waals surface area contributed by atoms with Crippen LogP contribution in [0.1, 0.15) is 40.4 Å². The number of fused-ring (bicyclic) bond motifs is 6. The predicted molar refractivity (Wildman–Crippen MR) is 110 cm³/mol. The number of amides is 1.